The van der Waals surface area contributed by atoms with E-state index in [9.17, 15) is 0 Å². The third kappa shape index (κ3) is 5.93. The van der Waals surface area contributed by atoms with Crippen LogP contribution in [0.25, 0.3) is 11.3 Å². The minimum atomic E-state index is 0.847. The number of hydrogen-bond acceptors (Lipinski definition) is 2. The summed E-state index contributed by atoms with van der Waals surface area (Å²) in [7, 11) is 0. The first kappa shape index (κ1) is 20.6. The molecule has 0 aliphatic heterocycles. The highest BCUT2D eigenvalue weighted by atomic mass is 15.1. The molecule has 3 nitrogen and oxygen atoms in total. The van der Waals surface area contributed by atoms with E-state index < -0.39 is 0 Å². The summed E-state index contributed by atoms with van der Waals surface area (Å²) in [5.41, 5.74) is 4.96. The van der Waals surface area contributed by atoms with Gasteiger partial charge in [0.25, 0.3) is 0 Å². The number of unbranched alkanes of at least 4 members (excludes halogenated alkanes) is 1. The second kappa shape index (κ2) is 10.9. The Morgan fingerprint density at radius 3 is 2.06 bits per heavy atom. The van der Waals surface area contributed by atoms with Crippen LogP contribution in [0.1, 0.15) is 36.2 Å². The van der Waals surface area contributed by atoms with E-state index in [1.807, 2.05) is 30.7 Å². The molecule has 2 aromatic carbocycles. The Bertz CT molecular complexity index is 1120. The summed E-state index contributed by atoms with van der Waals surface area (Å²) < 4.78 is 2.25. The van der Waals surface area contributed by atoms with Gasteiger partial charge in [-0.15, -0.1) is 0 Å². The quantitative estimate of drug-likeness (QED) is 0.268. The fourth-order valence-corrected chi connectivity index (χ4v) is 3.71. The highest BCUT2D eigenvalue weighted by Gasteiger charge is 2.10. The number of aromatic nitrogens is 3. The molecule has 3 heteroatoms. The molecule has 0 spiro atoms. The Morgan fingerprint density at radius 2 is 1.39 bits per heavy atom. The Balaban J connectivity index is 1.44. The summed E-state index contributed by atoms with van der Waals surface area (Å²) in [6.45, 7) is 0.889. The maximum Gasteiger partial charge on any atom is 0.185 e. The summed E-state index contributed by atoms with van der Waals surface area (Å²) in [6, 6.07) is 25.3. The Labute approximate surface area is 184 Å². The number of pyridine rings is 1. The molecular formula is C28H27N3. The third-order valence-corrected chi connectivity index (χ3v) is 5.33. The second-order valence-electron chi connectivity index (χ2n) is 7.58. The van der Waals surface area contributed by atoms with E-state index in [4.69, 9.17) is 0 Å². The van der Waals surface area contributed by atoms with Gasteiger partial charge in [-0.25, -0.2) is 4.98 Å². The molecule has 0 saturated heterocycles. The molecule has 0 atom stereocenters. The van der Waals surface area contributed by atoms with Crippen LogP contribution in [0.15, 0.2) is 91.4 Å². The molecule has 154 valence electrons. The molecule has 0 fully saturated rings. The van der Waals surface area contributed by atoms with E-state index in [0.29, 0.717) is 0 Å². The van der Waals surface area contributed by atoms with Crippen LogP contribution in [0.5, 0.6) is 0 Å². The minimum Gasteiger partial charge on any atom is -0.317 e. The minimum absolute atomic E-state index is 0.847. The van der Waals surface area contributed by atoms with Crippen molar-refractivity contribution in [2.24, 2.45) is 0 Å². The first-order valence-electron chi connectivity index (χ1n) is 10.9. The van der Waals surface area contributed by atoms with Gasteiger partial charge >= 0.3 is 0 Å². The molecule has 0 radical (unpaired) electrons. The number of hydrogen-bond donors (Lipinski definition) is 0. The molecule has 0 bridgehead atoms. The lowest BCUT2D eigenvalue weighted by Gasteiger charge is -2.10. The van der Waals surface area contributed by atoms with Crippen LogP contribution >= 0.6 is 0 Å². The zero-order valence-corrected chi connectivity index (χ0v) is 17.7. The number of aryl methyl sites for hydroxylation is 2. The molecule has 4 aromatic rings. The fourth-order valence-electron chi connectivity index (χ4n) is 3.71. The molecule has 2 heterocycles. The summed E-state index contributed by atoms with van der Waals surface area (Å²) in [4.78, 5) is 8.79. The average molecular weight is 406 g/mol. The maximum atomic E-state index is 4.64. The Morgan fingerprint density at radius 1 is 0.742 bits per heavy atom. The van der Waals surface area contributed by atoms with Gasteiger partial charge in [-0.2, -0.15) is 0 Å². The van der Waals surface area contributed by atoms with Crippen molar-refractivity contribution in [3.63, 3.8) is 0 Å². The smallest absolute Gasteiger partial charge is 0.185 e. The van der Waals surface area contributed by atoms with Crippen LogP contribution in [-0.2, 0) is 19.4 Å². The van der Waals surface area contributed by atoms with Crippen LogP contribution < -0.4 is 0 Å². The van der Waals surface area contributed by atoms with E-state index in [-0.39, 0.29) is 0 Å². The van der Waals surface area contributed by atoms with Crippen molar-refractivity contribution in [2.45, 2.75) is 38.6 Å². The van der Waals surface area contributed by atoms with Crippen LogP contribution in [-0.4, -0.2) is 14.5 Å². The predicted octanol–water partition coefficient (Wildman–Crippen LogP) is 5.95. The van der Waals surface area contributed by atoms with Crippen molar-refractivity contribution in [2.75, 3.05) is 0 Å². The lowest BCUT2D eigenvalue weighted by molar-refractivity contribution is 0.640. The van der Waals surface area contributed by atoms with Crippen molar-refractivity contribution < 1.29 is 0 Å². The standard InChI is InChI=1S/C28H27N3/c1-4-11-24(12-5-1)13-8-3-9-17-28-30-23-27(26-18-20-29-21-19-26)31(28)22-10-16-25-14-6-2-7-15-25/h1-2,4-7,11-12,14-15,18-21,23H,3,8,10,13,16,22H2. The number of rotatable bonds is 8. The summed E-state index contributed by atoms with van der Waals surface area (Å²) in [6.07, 6.45) is 10.7. The zero-order valence-electron chi connectivity index (χ0n) is 17.7. The molecule has 4 rings (SSSR count). The van der Waals surface area contributed by atoms with Gasteiger partial charge in [0, 0.05) is 30.9 Å². The van der Waals surface area contributed by atoms with Gasteiger partial charge in [0.05, 0.1) is 11.9 Å². The summed E-state index contributed by atoms with van der Waals surface area (Å²) in [5, 5.41) is 0. The molecule has 0 N–H and O–H groups in total. The average Bonchev–Trinajstić information content (AvgIpc) is 3.23. The molecule has 31 heavy (non-hydrogen) atoms. The number of benzene rings is 2. The number of nitrogens with zero attached hydrogens (tertiary/aromatic N) is 3. The third-order valence-electron chi connectivity index (χ3n) is 5.33. The normalized spacial score (nSPS) is 10.5. The van der Waals surface area contributed by atoms with E-state index in [1.165, 1.54) is 11.1 Å². The van der Waals surface area contributed by atoms with Crippen molar-refractivity contribution in [1.29, 1.82) is 0 Å². The van der Waals surface area contributed by atoms with Gasteiger partial charge in [0.1, 0.15) is 0 Å². The molecule has 0 amide bonds. The lowest BCUT2D eigenvalue weighted by atomic mass is 10.1. The highest BCUT2D eigenvalue weighted by molar-refractivity contribution is 5.59. The molecule has 2 aromatic heterocycles. The van der Waals surface area contributed by atoms with Gasteiger partial charge in [-0.05, 0) is 54.9 Å². The largest absolute Gasteiger partial charge is 0.317 e. The van der Waals surface area contributed by atoms with Crippen LogP contribution in [0.3, 0.4) is 0 Å². The summed E-state index contributed by atoms with van der Waals surface area (Å²) >= 11 is 0. The Hall–Kier alpha value is -3.64. The van der Waals surface area contributed by atoms with E-state index in [0.717, 1.165) is 55.7 Å². The second-order valence-corrected chi connectivity index (χ2v) is 7.58. The summed E-state index contributed by atoms with van der Waals surface area (Å²) in [5.74, 6) is 7.51. The Kier molecular flexibility index (Phi) is 7.28. The van der Waals surface area contributed by atoms with Gasteiger partial charge in [0.2, 0.25) is 0 Å². The van der Waals surface area contributed by atoms with Crippen LogP contribution in [0.2, 0.25) is 0 Å². The van der Waals surface area contributed by atoms with Gasteiger partial charge < -0.3 is 4.57 Å². The first-order chi connectivity index (χ1) is 15.4. The SMILES string of the molecule is C(#Cc1ncc(-c2ccncc2)n1CCCc1ccccc1)CCCc1ccccc1. The van der Waals surface area contributed by atoms with Crippen molar-refractivity contribution in [3.8, 4) is 23.1 Å². The zero-order chi connectivity index (χ0) is 21.1. The van der Waals surface area contributed by atoms with Crippen LogP contribution in [0.4, 0.5) is 0 Å². The van der Waals surface area contributed by atoms with Crippen LogP contribution in [0, 0.1) is 11.8 Å². The highest BCUT2D eigenvalue weighted by Crippen LogP contribution is 2.21. The van der Waals surface area contributed by atoms with Crippen molar-refractivity contribution in [1.82, 2.24) is 14.5 Å². The molecule has 0 saturated carbocycles. The van der Waals surface area contributed by atoms with Gasteiger partial charge in [0.15, 0.2) is 5.82 Å². The molecule has 0 unspecified atom stereocenters. The van der Waals surface area contributed by atoms with E-state index in [2.05, 4.69) is 87.0 Å². The molecular weight excluding hydrogens is 378 g/mol. The van der Waals surface area contributed by atoms with E-state index >= 15 is 0 Å². The maximum absolute atomic E-state index is 4.64. The van der Waals surface area contributed by atoms with Gasteiger partial charge in [-0.1, -0.05) is 66.6 Å². The molecule has 0 aliphatic rings. The van der Waals surface area contributed by atoms with E-state index in [1.54, 1.807) is 0 Å². The predicted molar refractivity (Wildman–Crippen MR) is 126 cm³/mol. The molecule has 0 aliphatic carbocycles. The van der Waals surface area contributed by atoms with Crippen molar-refractivity contribution >= 4 is 0 Å². The topological polar surface area (TPSA) is 30.7 Å². The monoisotopic (exact) mass is 405 g/mol. The van der Waals surface area contributed by atoms with Gasteiger partial charge in [-0.3, -0.25) is 4.98 Å². The number of imidazole rings is 1. The first-order valence-corrected chi connectivity index (χ1v) is 10.9. The van der Waals surface area contributed by atoms with Crippen molar-refractivity contribution in [3.05, 3.63) is 108 Å². The fraction of sp³-hybridized carbons (Fsp3) is 0.214. The lowest BCUT2D eigenvalue weighted by Crippen LogP contribution is -2.05.